The van der Waals surface area contributed by atoms with Crippen LogP contribution in [0.1, 0.15) is 18.4 Å². The number of carbonyl (C=O) groups excluding carboxylic acids is 1. The Morgan fingerprint density at radius 3 is 2.56 bits per heavy atom. The SMILES string of the molecule is O=C(O)CNC(=O)C1(Cc2ccccc2Cl)CC1. The molecule has 1 aliphatic rings. The molecule has 1 aliphatic carbocycles. The van der Waals surface area contributed by atoms with E-state index in [1.54, 1.807) is 6.07 Å². The zero-order valence-electron chi connectivity index (χ0n) is 9.78. The third-order valence-electron chi connectivity index (χ3n) is 3.22. The van der Waals surface area contributed by atoms with Gasteiger partial charge in [0.2, 0.25) is 5.91 Å². The van der Waals surface area contributed by atoms with Gasteiger partial charge in [-0.1, -0.05) is 29.8 Å². The maximum absolute atomic E-state index is 11.9. The molecule has 4 nitrogen and oxygen atoms in total. The van der Waals surface area contributed by atoms with Crippen LogP contribution in [0.2, 0.25) is 5.02 Å². The van der Waals surface area contributed by atoms with Crippen LogP contribution in [0.15, 0.2) is 24.3 Å². The van der Waals surface area contributed by atoms with Crippen molar-refractivity contribution in [2.45, 2.75) is 19.3 Å². The van der Waals surface area contributed by atoms with Crippen LogP contribution in [0.5, 0.6) is 0 Å². The standard InChI is InChI=1S/C13H14ClNO3/c14-10-4-2-1-3-9(10)7-13(5-6-13)12(18)15-8-11(16)17/h1-4H,5-8H2,(H,15,18)(H,16,17). The molecule has 1 saturated carbocycles. The third-order valence-corrected chi connectivity index (χ3v) is 3.59. The second-order valence-electron chi connectivity index (χ2n) is 4.62. The Morgan fingerprint density at radius 2 is 2.00 bits per heavy atom. The largest absolute Gasteiger partial charge is 0.480 e. The summed E-state index contributed by atoms with van der Waals surface area (Å²) < 4.78 is 0. The van der Waals surface area contributed by atoms with Crippen LogP contribution in [0, 0.1) is 5.41 Å². The van der Waals surface area contributed by atoms with Crippen LogP contribution in [-0.2, 0) is 16.0 Å². The van der Waals surface area contributed by atoms with Crippen LogP contribution in [-0.4, -0.2) is 23.5 Å². The Kier molecular flexibility index (Phi) is 3.57. The minimum atomic E-state index is -1.03. The van der Waals surface area contributed by atoms with Gasteiger partial charge in [0.1, 0.15) is 6.54 Å². The van der Waals surface area contributed by atoms with E-state index >= 15 is 0 Å². The highest BCUT2D eigenvalue weighted by atomic mass is 35.5. The fraction of sp³-hybridized carbons (Fsp3) is 0.385. The van der Waals surface area contributed by atoms with Crippen LogP contribution < -0.4 is 5.32 Å². The molecule has 5 heteroatoms. The van der Waals surface area contributed by atoms with Crippen LogP contribution in [0.4, 0.5) is 0 Å². The van der Waals surface area contributed by atoms with Crippen molar-refractivity contribution >= 4 is 23.5 Å². The van der Waals surface area contributed by atoms with Crippen molar-refractivity contribution in [1.29, 1.82) is 0 Å². The van der Waals surface area contributed by atoms with Crippen LogP contribution in [0.25, 0.3) is 0 Å². The molecule has 0 aromatic heterocycles. The monoisotopic (exact) mass is 267 g/mol. The molecule has 0 unspecified atom stereocenters. The van der Waals surface area contributed by atoms with E-state index in [0.29, 0.717) is 11.4 Å². The van der Waals surface area contributed by atoms with Crippen molar-refractivity contribution in [2.24, 2.45) is 5.41 Å². The zero-order chi connectivity index (χ0) is 13.2. The highest BCUT2D eigenvalue weighted by molar-refractivity contribution is 6.31. The normalized spacial score (nSPS) is 16.1. The molecule has 0 heterocycles. The molecule has 0 saturated heterocycles. The van der Waals surface area contributed by atoms with Crippen LogP contribution >= 0.6 is 11.6 Å². The minimum Gasteiger partial charge on any atom is -0.480 e. The van der Waals surface area contributed by atoms with Crippen molar-refractivity contribution in [3.8, 4) is 0 Å². The Labute approximate surface area is 110 Å². The van der Waals surface area contributed by atoms with Gasteiger partial charge in [-0.2, -0.15) is 0 Å². The Balaban J connectivity index is 2.02. The highest BCUT2D eigenvalue weighted by Gasteiger charge is 2.49. The Bertz CT molecular complexity index is 483. The maximum atomic E-state index is 11.9. The molecule has 1 aromatic carbocycles. The molecule has 18 heavy (non-hydrogen) atoms. The summed E-state index contributed by atoms with van der Waals surface area (Å²) in [4.78, 5) is 22.4. The lowest BCUT2D eigenvalue weighted by Gasteiger charge is -2.15. The molecular weight excluding hydrogens is 254 g/mol. The lowest BCUT2D eigenvalue weighted by atomic mass is 9.95. The van der Waals surface area contributed by atoms with E-state index in [4.69, 9.17) is 16.7 Å². The number of hydrogen-bond donors (Lipinski definition) is 2. The summed E-state index contributed by atoms with van der Waals surface area (Å²) in [6.07, 6.45) is 2.13. The number of carbonyl (C=O) groups is 2. The fourth-order valence-electron chi connectivity index (χ4n) is 1.98. The van der Waals surface area contributed by atoms with Gasteiger partial charge >= 0.3 is 5.97 Å². The van der Waals surface area contributed by atoms with E-state index in [9.17, 15) is 9.59 Å². The smallest absolute Gasteiger partial charge is 0.322 e. The molecule has 0 spiro atoms. The first-order chi connectivity index (χ1) is 8.53. The van der Waals surface area contributed by atoms with Gasteiger partial charge in [-0.25, -0.2) is 0 Å². The number of benzene rings is 1. The summed E-state index contributed by atoms with van der Waals surface area (Å²) in [5, 5.41) is 11.6. The number of hydrogen-bond acceptors (Lipinski definition) is 2. The van der Waals surface area contributed by atoms with E-state index in [0.717, 1.165) is 18.4 Å². The van der Waals surface area contributed by atoms with Gasteiger partial charge in [-0.05, 0) is 30.9 Å². The summed E-state index contributed by atoms with van der Waals surface area (Å²) in [5.74, 6) is -1.22. The summed E-state index contributed by atoms with van der Waals surface area (Å²) in [7, 11) is 0. The van der Waals surface area contributed by atoms with E-state index in [2.05, 4.69) is 5.32 Å². The van der Waals surface area contributed by atoms with E-state index in [-0.39, 0.29) is 12.5 Å². The molecule has 0 aliphatic heterocycles. The first-order valence-electron chi connectivity index (χ1n) is 5.77. The molecule has 2 N–H and O–H groups in total. The molecule has 1 amide bonds. The van der Waals surface area contributed by atoms with Crippen molar-refractivity contribution in [3.05, 3.63) is 34.9 Å². The number of carboxylic acids is 1. The number of carboxylic acid groups (broad SMARTS) is 1. The molecular formula is C13H14ClNO3. The third kappa shape index (κ3) is 2.82. The van der Waals surface area contributed by atoms with E-state index in [1.165, 1.54) is 0 Å². The van der Waals surface area contributed by atoms with Crippen molar-refractivity contribution in [1.82, 2.24) is 5.32 Å². The molecule has 0 atom stereocenters. The molecule has 96 valence electrons. The summed E-state index contributed by atoms with van der Waals surface area (Å²) in [5.41, 5.74) is 0.475. The molecule has 2 rings (SSSR count). The predicted molar refractivity (Wildman–Crippen MR) is 67.5 cm³/mol. The van der Waals surface area contributed by atoms with Gasteiger partial charge in [0, 0.05) is 5.02 Å². The van der Waals surface area contributed by atoms with Gasteiger partial charge < -0.3 is 10.4 Å². The molecule has 0 radical (unpaired) electrons. The fourth-order valence-corrected chi connectivity index (χ4v) is 2.19. The molecule has 1 aromatic rings. The van der Waals surface area contributed by atoms with Gasteiger partial charge in [0.25, 0.3) is 0 Å². The topological polar surface area (TPSA) is 66.4 Å². The Hall–Kier alpha value is -1.55. The summed E-state index contributed by atoms with van der Waals surface area (Å²) >= 11 is 6.06. The first-order valence-corrected chi connectivity index (χ1v) is 6.15. The maximum Gasteiger partial charge on any atom is 0.322 e. The zero-order valence-corrected chi connectivity index (χ0v) is 10.5. The number of nitrogens with one attached hydrogen (secondary N) is 1. The lowest BCUT2D eigenvalue weighted by Crippen LogP contribution is -2.36. The second kappa shape index (κ2) is 4.98. The van der Waals surface area contributed by atoms with Crippen molar-refractivity contribution < 1.29 is 14.7 Å². The van der Waals surface area contributed by atoms with E-state index < -0.39 is 11.4 Å². The average Bonchev–Trinajstić information content (AvgIpc) is 3.10. The number of aliphatic carboxylic acids is 1. The van der Waals surface area contributed by atoms with Gasteiger partial charge in [-0.15, -0.1) is 0 Å². The van der Waals surface area contributed by atoms with Gasteiger partial charge in [0.15, 0.2) is 0 Å². The molecule has 1 fully saturated rings. The predicted octanol–water partition coefficient (Wildman–Crippen LogP) is 1.86. The molecule has 0 bridgehead atoms. The van der Waals surface area contributed by atoms with Gasteiger partial charge in [0.05, 0.1) is 5.41 Å². The highest BCUT2D eigenvalue weighted by Crippen LogP contribution is 2.49. The lowest BCUT2D eigenvalue weighted by molar-refractivity contribution is -0.138. The number of amides is 1. The quantitative estimate of drug-likeness (QED) is 0.856. The first kappa shape index (κ1) is 12.9. The average molecular weight is 268 g/mol. The van der Waals surface area contributed by atoms with Gasteiger partial charge in [-0.3, -0.25) is 9.59 Å². The summed E-state index contributed by atoms with van der Waals surface area (Å²) in [6.45, 7) is -0.330. The van der Waals surface area contributed by atoms with Crippen molar-refractivity contribution in [2.75, 3.05) is 6.54 Å². The number of halogens is 1. The minimum absolute atomic E-state index is 0.190. The second-order valence-corrected chi connectivity index (χ2v) is 5.03. The van der Waals surface area contributed by atoms with Crippen LogP contribution in [0.3, 0.4) is 0 Å². The Morgan fingerprint density at radius 1 is 1.33 bits per heavy atom. The van der Waals surface area contributed by atoms with E-state index in [1.807, 2.05) is 18.2 Å². The number of rotatable bonds is 5. The van der Waals surface area contributed by atoms with Crippen molar-refractivity contribution in [3.63, 3.8) is 0 Å². The summed E-state index contributed by atoms with van der Waals surface area (Å²) in [6, 6.07) is 7.41.